The van der Waals surface area contributed by atoms with Crippen molar-refractivity contribution in [3.8, 4) is 0 Å². The molecule has 4 rings (SSSR count). The summed E-state index contributed by atoms with van der Waals surface area (Å²) in [5, 5.41) is 7.40. The van der Waals surface area contributed by atoms with Crippen molar-refractivity contribution in [1.29, 1.82) is 0 Å². The lowest BCUT2D eigenvalue weighted by atomic mass is 9.93. The average Bonchev–Trinajstić information content (AvgIpc) is 3.66. The van der Waals surface area contributed by atoms with E-state index in [1.54, 1.807) is 18.0 Å². The van der Waals surface area contributed by atoms with Crippen LogP contribution in [-0.2, 0) is 16.1 Å². The fourth-order valence-corrected chi connectivity index (χ4v) is 4.68. The topological polar surface area (TPSA) is 91.0 Å². The van der Waals surface area contributed by atoms with Gasteiger partial charge in [-0.05, 0) is 53.8 Å². The van der Waals surface area contributed by atoms with Gasteiger partial charge in [-0.25, -0.2) is 14.0 Å². The Labute approximate surface area is 198 Å². The number of esters is 1. The number of hydrogen-bond donors (Lipinski definition) is 2. The van der Waals surface area contributed by atoms with E-state index in [2.05, 4.69) is 10.6 Å². The molecule has 2 fully saturated rings. The summed E-state index contributed by atoms with van der Waals surface area (Å²) < 4.78 is 18.7. The summed E-state index contributed by atoms with van der Waals surface area (Å²) in [6, 6.07) is 9.91. The molecule has 1 heterocycles. The Morgan fingerprint density at radius 2 is 1.82 bits per heavy atom. The number of rotatable bonds is 6. The van der Waals surface area contributed by atoms with Crippen molar-refractivity contribution in [2.24, 2.45) is 5.92 Å². The molecule has 0 spiro atoms. The van der Waals surface area contributed by atoms with E-state index in [0.717, 1.165) is 29.2 Å². The summed E-state index contributed by atoms with van der Waals surface area (Å²) in [6.45, 7) is 2.84. The highest BCUT2D eigenvalue weighted by Crippen LogP contribution is 2.33. The molecule has 1 saturated heterocycles. The van der Waals surface area contributed by atoms with Crippen LogP contribution in [0.3, 0.4) is 0 Å². The third-order valence-electron chi connectivity index (χ3n) is 6.42. The van der Waals surface area contributed by atoms with Crippen molar-refractivity contribution in [3.05, 3.63) is 47.8 Å². The SMILES string of the molecule is CNC(=O)N1C[C@@H](COC(C)=O)C[C@@H](N(C(=O)NCc2ccc3cc(F)ccc3c2)C2CC2)C1. The lowest BCUT2D eigenvalue weighted by Crippen LogP contribution is -2.58. The second-order valence-corrected chi connectivity index (χ2v) is 9.14. The predicted molar refractivity (Wildman–Crippen MR) is 126 cm³/mol. The van der Waals surface area contributed by atoms with Gasteiger partial charge in [0.1, 0.15) is 5.82 Å². The summed E-state index contributed by atoms with van der Waals surface area (Å²) in [6.07, 6.45) is 2.52. The molecule has 9 heteroatoms. The van der Waals surface area contributed by atoms with Crippen LogP contribution in [0.2, 0.25) is 0 Å². The lowest BCUT2D eigenvalue weighted by Gasteiger charge is -2.42. The third-order valence-corrected chi connectivity index (χ3v) is 6.42. The van der Waals surface area contributed by atoms with Gasteiger partial charge >= 0.3 is 18.0 Å². The second kappa shape index (κ2) is 10.3. The minimum Gasteiger partial charge on any atom is -0.466 e. The first-order valence-electron chi connectivity index (χ1n) is 11.7. The number of piperidine rings is 1. The molecule has 182 valence electrons. The Morgan fingerprint density at radius 3 is 2.53 bits per heavy atom. The van der Waals surface area contributed by atoms with Crippen LogP contribution in [0, 0.1) is 11.7 Å². The molecule has 2 N–H and O–H groups in total. The normalized spacial score (nSPS) is 20.0. The zero-order valence-corrected chi connectivity index (χ0v) is 19.6. The quantitative estimate of drug-likeness (QED) is 0.634. The van der Waals surface area contributed by atoms with Gasteiger partial charge < -0.3 is 25.2 Å². The average molecular weight is 471 g/mol. The van der Waals surface area contributed by atoms with Crippen molar-refractivity contribution in [2.45, 2.75) is 44.8 Å². The molecule has 2 aromatic carbocycles. The van der Waals surface area contributed by atoms with Crippen LogP contribution >= 0.6 is 0 Å². The first-order chi connectivity index (χ1) is 16.3. The van der Waals surface area contributed by atoms with Crippen molar-refractivity contribution in [1.82, 2.24) is 20.4 Å². The highest BCUT2D eigenvalue weighted by molar-refractivity contribution is 5.83. The first-order valence-corrected chi connectivity index (χ1v) is 11.7. The molecule has 1 aliphatic carbocycles. The Balaban J connectivity index is 1.45. The molecular weight excluding hydrogens is 439 g/mol. The minimum absolute atomic E-state index is 0.0464. The third kappa shape index (κ3) is 5.76. The molecule has 0 aromatic heterocycles. The van der Waals surface area contributed by atoms with E-state index >= 15 is 0 Å². The van der Waals surface area contributed by atoms with Gasteiger partial charge in [0, 0.05) is 45.6 Å². The molecule has 2 aromatic rings. The molecule has 1 aliphatic heterocycles. The summed E-state index contributed by atoms with van der Waals surface area (Å²) in [5.41, 5.74) is 0.923. The zero-order chi connectivity index (χ0) is 24.2. The van der Waals surface area contributed by atoms with Crippen molar-refractivity contribution >= 4 is 28.8 Å². The van der Waals surface area contributed by atoms with Crippen molar-refractivity contribution in [2.75, 3.05) is 26.7 Å². The zero-order valence-electron chi connectivity index (χ0n) is 19.6. The number of carbonyl (C=O) groups is 3. The highest BCUT2D eigenvalue weighted by Gasteiger charge is 2.42. The second-order valence-electron chi connectivity index (χ2n) is 9.14. The maximum Gasteiger partial charge on any atom is 0.318 e. The largest absolute Gasteiger partial charge is 0.466 e. The smallest absolute Gasteiger partial charge is 0.318 e. The van der Waals surface area contributed by atoms with Crippen molar-refractivity contribution in [3.63, 3.8) is 0 Å². The number of fused-ring (bicyclic) bond motifs is 1. The minimum atomic E-state index is -0.358. The van der Waals surface area contributed by atoms with E-state index in [1.807, 2.05) is 23.1 Å². The van der Waals surface area contributed by atoms with E-state index in [1.165, 1.54) is 19.1 Å². The van der Waals surface area contributed by atoms with E-state index in [9.17, 15) is 18.8 Å². The number of carbonyl (C=O) groups excluding carboxylic acids is 3. The van der Waals surface area contributed by atoms with Crippen LogP contribution in [0.5, 0.6) is 0 Å². The molecule has 0 unspecified atom stereocenters. The molecule has 4 amide bonds. The number of benzene rings is 2. The lowest BCUT2D eigenvalue weighted by molar-refractivity contribution is -0.143. The number of urea groups is 2. The van der Waals surface area contributed by atoms with Crippen LogP contribution in [0.25, 0.3) is 10.8 Å². The standard InChI is InChI=1S/C25H31FN4O4/c1-16(31)34-15-18-10-23(14-29(13-18)24(32)27-2)30(22-7-8-22)25(33)28-12-17-3-4-20-11-21(26)6-5-19(20)9-17/h3-6,9,11,18,22-23H,7-8,10,12-15H2,1-2H3,(H,27,32)(H,28,33)/t18-,23+/m0/s1. The van der Waals surface area contributed by atoms with Gasteiger partial charge in [0.2, 0.25) is 0 Å². The summed E-state index contributed by atoms with van der Waals surface area (Å²) in [5.74, 6) is -0.683. The van der Waals surface area contributed by atoms with Crippen LogP contribution in [0.15, 0.2) is 36.4 Å². The van der Waals surface area contributed by atoms with Gasteiger partial charge in [0.05, 0.1) is 12.6 Å². The molecule has 8 nitrogen and oxygen atoms in total. The Kier molecular flexibility index (Phi) is 7.19. The molecular formula is C25H31FN4O4. The monoisotopic (exact) mass is 470 g/mol. The van der Waals surface area contributed by atoms with E-state index < -0.39 is 0 Å². The predicted octanol–water partition coefficient (Wildman–Crippen LogP) is 3.25. The molecule has 0 radical (unpaired) electrons. The Bertz CT molecular complexity index is 1070. The summed E-state index contributed by atoms with van der Waals surface area (Å²) in [7, 11) is 1.58. The number of hydrogen-bond acceptors (Lipinski definition) is 4. The van der Waals surface area contributed by atoms with Gasteiger partial charge in [-0.15, -0.1) is 0 Å². The molecule has 2 atom stereocenters. The first kappa shape index (κ1) is 23.8. The number of nitrogens with one attached hydrogen (secondary N) is 2. The van der Waals surface area contributed by atoms with Gasteiger partial charge in [0.25, 0.3) is 0 Å². The van der Waals surface area contributed by atoms with Crippen LogP contribution in [0.1, 0.15) is 31.7 Å². The van der Waals surface area contributed by atoms with Crippen molar-refractivity contribution < 1.29 is 23.5 Å². The Morgan fingerprint density at radius 1 is 1.09 bits per heavy atom. The fourth-order valence-electron chi connectivity index (χ4n) is 4.68. The van der Waals surface area contributed by atoms with Crippen LogP contribution in [-0.4, -0.2) is 66.7 Å². The number of likely N-dealkylation sites (tertiary alicyclic amines) is 1. The molecule has 34 heavy (non-hydrogen) atoms. The molecule has 0 bridgehead atoms. The highest BCUT2D eigenvalue weighted by atomic mass is 19.1. The Hall–Kier alpha value is -3.36. The van der Waals surface area contributed by atoms with Gasteiger partial charge in [-0.3, -0.25) is 4.79 Å². The molecule has 2 aliphatic rings. The van der Waals surface area contributed by atoms with E-state index in [4.69, 9.17) is 4.74 Å². The van der Waals surface area contributed by atoms with Gasteiger partial charge in [-0.1, -0.05) is 18.2 Å². The number of ether oxygens (including phenoxy) is 1. The maximum absolute atomic E-state index is 13.4. The maximum atomic E-state index is 13.4. The van der Waals surface area contributed by atoms with Crippen LogP contribution in [0.4, 0.5) is 14.0 Å². The number of amides is 4. The summed E-state index contributed by atoms with van der Waals surface area (Å²) in [4.78, 5) is 40.5. The number of halogens is 1. The van der Waals surface area contributed by atoms with Gasteiger partial charge in [0.15, 0.2) is 0 Å². The number of nitrogens with zero attached hydrogens (tertiary/aromatic N) is 2. The van der Waals surface area contributed by atoms with Crippen LogP contribution < -0.4 is 10.6 Å². The van der Waals surface area contributed by atoms with Gasteiger partial charge in [-0.2, -0.15) is 0 Å². The fraction of sp³-hybridized carbons (Fsp3) is 0.480. The summed E-state index contributed by atoms with van der Waals surface area (Å²) >= 11 is 0. The molecule has 1 saturated carbocycles. The van der Waals surface area contributed by atoms with E-state index in [-0.39, 0.29) is 48.5 Å². The van der Waals surface area contributed by atoms with E-state index in [0.29, 0.717) is 26.1 Å².